The number of aliphatic hydroxyl groups is 1. The third kappa shape index (κ3) is 8.11. The van der Waals surface area contributed by atoms with E-state index in [0.717, 1.165) is 38.5 Å². The molecule has 0 heterocycles. The number of phenols is 2. The van der Waals surface area contributed by atoms with Crippen LogP contribution in [0.4, 0.5) is 0 Å². The maximum absolute atomic E-state index is 11.4. The summed E-state index contributed by atoms with van der Waals surface area (Å²) in [4.78, 5) is 2.27. The zero-order valence-corrected chi connectivity index (χ0v) is 27.7. The largest absolute Gasteiger partial charge is 0.507 e. The van der Waals surface area contributed by atoms with Gasteiger partial charge in [-0.15, -0.1) is 23.5 Å². The Balaban J connectivity index is 2.58. The van der Waals surface area contributed by atoms with Crippen LogP contribution in [0.3, 0.4) is 0 Å². The van der Waals surface area contributed by atoms with E-state index in [9.17, 15) is 15.3 Å². The van der Waals surface area contributed by atoms with E-state index in [-0.39, 0.29) is 32.3 Å². The van der Waals surface area contributed by atoms with Crippen LogP contribution in [0.1, 0.15) is 125 Å². The molecule has 0 saturated heterocycles. The number of aromatic hydroxyl groups is 2. The first-order valence-corrected chi connectivity index (χ1v) is 15.4. The molecule has 2 aromatic rings. The molecule has 0 aromatic heterocycles. The molecule has 0 atom stereocenters. The highest BCUT2D eigenvalue weighted by molar-refractivity contribution is 8.18. The van der Waals surface area contributed by atoms with Gasteiger partial charge in [0.15, 0.2) is 0 Å². The highest BCUT2D eigenvalue weighted by Crippen LogP contribution is 2.51. The number of benzene rings is 2. The minimum Gasteiger partial charge on any atom is -0.507 e. The monoisotopic (exact) mass is 560 g/mol. The van der Waals surface area contributed by atoms with E-state index in [1.807, 2.05) is 11.8 Å². The number of hydrogen-bond acceptors (Lipinski definition) is 5. The molecule has 0 unspecified atom stereocenters. The molecule has 0 aliphatic carbocycles. The van der Waals surface area contributed by atoms with Gasteiger partial charge in [0, 0.05) is 38.7 Å². The van der Waals surface area contributed by atoms with E-state index >= 15 is 0 Å². The average Bonchev–Trinajstić information content (AvgIpc) is 2.71. The van der Waals surface area contributed by atoms with E-state index in [1.165, 1.54) is 0 Å². The fraction of sp³-hybridized carbons (Fsp3) is 0.636. The van der Waals surface area contributed by atoms with Gasteiger partial charge in [-0.3, -0.25) is 0 Å². The van der Waals surface area contributed by atoms with Gasteiger partial charge in [-0.25, -0.2) is 0 Å². The predicted octanol–water partition coefficient (Wildman–Crippen LogP) is 9.66. The summed E-state index contributed by atoms with van der Waals surface area (Å²) < 4.78 is -0.208. The first kappa shape index (κ1) is 32.9. The highest BCUT2D eigenvalue weighted by atomic mass is 32.2. The van der Waals surface area contributed by atoms with Gasteiger partial charge in [0.05, 0.1) is 4.08 Å². The second-order valence-electron chi connectivity index (χ2n) is 14.8. The minimum atomic E-state index is -0.263. The van der Waals surface area contributed by atoms with E-state index in [4.69, 9.17) is 0 Å². The van der Waals surface area contributed by atoms with Gasteiger partial charge in [0.25, 0.3) is 0 Å². The number of rotatable bonds is 8. The van der Waals surface area contributed by atoms with Crippen molar-refractivity contribution in [3.8, 4) is 11.5 Å². The zero-order chi connectivity index (χ0) is 29.5. The van der Waals surface area contributed by atoms with Crippen molar-refractivity contribution in [2.24, 2.45) is 0 Å². The molecule has 5 heteroatoms. The van der Waals surface area contributed by atoms with Crippen molar-refractivity contribution in [3.05, 3.63) is 46.5 Å². The Labute approximate surface area is 241 Å². The van der Waals surface area contributed by atoms with Crippen LogP contribution in [0.2, 0.25) is 0 Å². The SMILES string of the molecule is CC(C)(Sc1cc(C(C)(C)C)c(O)c(C(C)(C)C)c1)Sc1cc(C(C)(C)C)c(O)c(C(C)(C)CCCO)c1. The highest BCUT2D eigenvalue weighted by Gasteiger charge is 2.32. The van der Waals surface area contributed by atoms with Crippen molar-refractivity contribution in [3.63, 3.8) is 0 Å². The minimum absolute atomic E-state index is 0.147. The van der Waals surface area contributed by atoms with Crippen molar-refractivity contribution >= 4 is 23.5 Å². The molecule has 0 amide bonds. The van der Waals surface area contributed by atoms with Gasteiger partial charge in [0.2, 0.25) is 0 Å². The Morgan fingerprint density at radius 2 is 0.868 bits per heavy atom. The molecule has 38 heavy (non-hydrogen) atoms. The summed E-state index contributed by atoms with van der Waals surface area (Å²) in [5, 5.41) is 32.0. The second-order valence-corrected chi connectivity index (χ2v) is 18.4. The van der Waals surface area contributed by atoms with E-state index < -0.39 is 0 Å². The van der Waals surface area contributed by atoms with Crippen molar-refractivity contribution in [1.82, 2.24) is 0 Å². The smallest absolute Gasteiger partial charge is 0.123 e. The van der Waals surface area contributed by atoms with Gasteiger partial charge in [-0.2, -0.15) is 0 Å². The number of hydrogen-bond donors (Lipinski definition) is 3. The van der Waals surface area contributed by atoms with Crippen LogP contribution in [-0.4, -0.2) is 26.0 Å². The van der Waals surface area contributed by atoms with Crippen molar-refractivity contribution < 1.29 is 15.3 Å². The van der Waals surface area contributed by atoms with Crippen LogP contribution >= 0.6 is 23.5 Å². The normalized spacial score (nSPS) is 13.7. The molecule has 0 fully saturated rings. The van der Waals surface area contributed by atoms with E-state index in [1.54, 1.807) is 11.8 Å². The van der Waals surface area contributed by atoms with Crippen LogP contribution in [0.5, 0.6) is 11.5 Å². The number of phenolic OH excluding ortho intramolecular Hbond substituents is 2. The maximum atomic E-state index is 11.4. The first-order chi connectivity index (χ1) is 17.0. The Bertz CT molecular complexity index is 1090. The molecule has 0 saturated carbocycles. The predicted molar refractivity (Wildman–Crippen MR) is 167 cm³/mol. The maximum Gasteiger partial charge on any atom is 0.123 e. The van der Waals surface area contributed by atoms with Crippen molar-refractivity contribution in [2.75, 3.05) is 6.61 Å². The molecule has 2 rings (SSSR count). The second kappa shape index (κ2) is 11.3. The van der Waals surface area contributed by atoms with Gasteiger partial charge in [0.1, 0.15) is 11.5 Å². The summed E-state index contributed by atoms with van der Waals surface area (Å²) in [6.45, 7) is 28.2. The number of thioether (sulfide) groups is 2. The first-order valence-electron chi connectivity index (χ1n) is 13.7. The quantitative estimate of drug-likeness (QED) is 0.222. The Kier molecular flexibility index (Phi) is 9.78. The summed E-state index contributed by atoms with van der Waals surface area (Å²) in [5.74, 6) is 0.779. The molecular formula is C33H52O3S2. The summed E-state index contributed by atoms with van der Waals surface area (Å²) >= 11 is 3.62. The molecule has 3 N–H and O–H groups in total. The molecule has 3 nitrogen and oxygen atoms in total. The summed E-state index contributed by atoms with van der Waals surface area (Å²) in [6, 6.07) is 8.59. The molecule has 0 radical (unpaired) electrons. The summed E-state index contributed by atoms with van der Waals surface area (Å²) in [7, 11) is 0. The third-order valence-electron chi connectivity index (χ3n) is 7.01. The number of aliphatic hydroxyl groups excluding tert-OH is 1. The van der Waals surface area contributed by atoms with Gasteiger partial charge < -0.3 is 15.3 Å². The molecule has 214 valence electrons. The van der Waals surface area contributed by atoms with Crippen molar-refractivity contribution in [1.29, 1.82) is 0 Å². The summed E-state index contributed by atoms with van der Waals surface area (Å²) in [5.41, 5.74) is 3.01. The molecule has 0 aliphatic heterocycles. The van der Waals surface area contributed by atoms with Crippen molar-refractivity contribution in [2.45, 2.75) is 138 Å². The standard InChI is InChI=1S/C33H52O3S2/c1-29(2,3)23-17-21(18-24(27(23)35)30(4,5)6)37-33(12,13)38-22-19-25(31(7,8)9)28(36)26(20-22)32(10,11)15-14-16-34/h17-20,34-36H,14-16H2,1-13H3. The van der Waals surface area contributed by atoms with Crippen LogP contribution < -0.4 is 0 Å². The zero-order valence-electron chi connectivity index (χ0n) is 26.1. The lowest BCUT2D eigenvalue weighted by molar-refractivity contribution is 0.267. The Hall–Kier alpha value is -1.30. The van der Waals surface area contributed by atoms with Crippen LogP contribution in [0, 0.1) is 0 Å². The van der Waals surface area contributed by atoms with Gasteiger partial charge in [-0.05, 0) is 72.6 Å². The average molecular weight is 561 g/mol. The molecule has 0 aliphatic rings. The molecule has 0 bridgehead atoms. The summed E-state index contributed by atoms with van der Waals surface area (Å²) in [6.07, 6.45) is 1.49. The topological polar surface area (TPSA) is 60.7 Å². The fourth-order valence-electron chi connectivity index (χ4n) is 4.81. The van der Waals surface area contributed by atoms with Crippen LogP contribution in [-0.2, 0) is 21.7 Å². The Morgan fingerprint density at radius 1 is 0.553 bits per heavy atom. The lowest BCUT2D eigenvalue weighted by atomic mass is 9.76. The van der Waals surface area contributed by atoms with Crippen LogP contribution in [0.25, 0.3) is 0 Å². The van der Waals surface area contributed by atoms with E-state index in [2.05, 4.69) is 114 Å². The van der Waals surface area contributed by atoms with E-state index in [0.29, 0.717) is 17.9 Å². The van der Waals surface area contributed by atoms with Gasteiger partial charge in [-0.1, -0.05) is 76.2 Å². The molecule has 2 aromatic carbocycles. The van der Waals surface area contributed by atoms with Crippen LogP contribution in [0.15, 0.2) is 34.1 Å². The lowest BCUT2D eigenvalue weighted by Crippen LogP contribution is -2.21. The molecular weight excluding hydrogens is 508 g/mol. The molecule has 0 spiro atoms. The Morgan fingerprint density at radius 3 is 1.18 bits per heavy atom. The lowest BCUT2D eigenvalue weighted by Gasteiger charge is -2.32. The third-order valence-corrected chi connectivity index (χ3v) is 9.43. The van der Waals surface area contributed by atoms with Gasteiger partial charge >= 0.3 is 0 Å². The fourth-order valence-corrected chi connectivity index (χ4v) is 7.40.